The maximum Gasteiger partial charge on any atom is 0.443 e. The Morgan fingerprint density at radius 2 is 2.09 bits per heavy atom. The number of carboxylic acid groups (broad SMARTS) is 1. The number of hydrogen-bond acceptors (Lipinski definition) is 11. The highest BCUT2D eigenvalue weighted by atomic mass is 35.5. The Hall–Kier alpha value is -2.89. The van der Waals surface area contributed by atoms with Crippen LogP contribution < -0.4 is 11.1 Å². The van der Waals surface area contributed by atoms with Gasteiger partial charge in [0.2, 0.25) is 0 Å². The number of oxime groups is 1. The van der Waals surface area contributed by atoms with Crippen LogP contribution in [0, 0.1) is 0 Å². The van der Waals surface area contributed by atoms with Gasteiger partial charge < -0.3 is 21.4 Å². The second kappa shape index (κ2) is 9.29. The first kappa shape index (κ1) is 25.2. The SMILES string of the molecule is Nc1nc(/C(=N/O)C(=O)NC2C(=O)N3C(C(=O)O)=C(Sc4csc(C(F)(F)F)n4)CC[C@H]23)c(Cl)s1. The van der Waals surface area contributed by atoms with Gasteiger partial charge in [0.1, 0.15) is 26.8 Å². The summed E-state index contributed by atoms with van der Waals surface area (Å²) in [5, 5.41) is 24.3. The van der Waals surface area contributed by atoms with Crippen LogP contribution in [-0.4, -0.2) is 60.8 Å². The average molecular weight is 569 g/mol. The third-order valence-corrected chi connectivity index (χ3v) is 8.16. The van der Waals surface area contributed by atoms with E-state index in [2.05, 4.69) is 20.4 Å². The molecule has 1 saturated heterocycles. The second-order valence-electron chi connectivity index (χ2n) is 7.06. The number of nitrogens with one attached hydrogen (secondary N) is 1. The van der Waals surface area contributed by atoms with Gasteiger partial charge >= 0.3 is 12.1 Å². The van der Waals surface area contributed by atoms with Crippen molar-refractivity contribution in [2.24, 2.45) is 5.16 Å². The molecule has 2 aromatic heterocycles. The maximum atomic E-state index is 12.8. The number of thioether (sulfide) groups is 1. The zero-order chi connectivity index (χ0) is 25.7. The summed E-state index contributed by atoms with van der Waals surface area (Å²) in [6.45, 7) is 0. The lowest BCUT2D eigenvalue weighted by Crippen LogP contribution is -2.72. The van der Waals surface area contributed by atoms with Crippen molar-refractivity contribution in [1.82, 2.24) is 20.2 Å². The number of carbonyl (C=O) groups excluding carboxylic acids is 2. The molecule has 4 heterocycles. The molecule has 0 aromatic carbocycles. The molecule has 0 aliphatic carbocycles. The van der Waals surface area contributed by atoms with E-state index >= 15 is 0 Å². The second-order valence-corrected chi connectivity index (χ2v) is 10.7. The molecule has 2 aliphatic heterocycles. The molecule has 35 heavy (non-hydrogen) atoms. The van der Waals surface area contributed by atoms with Crippen molar-refractivity contribution in [3.63, 3.8) is 0 Å². The van der Waals surface area contributed by atoms with Crippen molar-refractivity contribution in [3.05, 3.63) is 31.0 Å². The van der Waals surface area contributed by atoms with E-state index in [1.807, 2.05) is 0 Å². The van der Waals surface area contributed by atoms with Gasteiger partial charge in [-0.05, 0) is 12.8 Å². The molecule has 2 aromatic rings. The van der Waals surface area contributed by atoms with E-state index < -0.39 is 52.5 Å². The summed E-state index contributed by atoms with van der Waals surface area (Å²) >= 11 is 7.89. The number of β-lactam (4-membered cyclic amide) rings is 1. The first-order chi connectivity index (χ1) is 16.4. The van der Waals surface area contributed by atoms with Gasteiger partial charge in [-0.1, -0.05) is 39.9 Å². The maximum absolute atomic E-state index is 12.8. The molecule has 4 rings (SSSR count). The van der Waals surface area contributed by atoms with Gasteiger partial charge in [-0.15, -0.1) is 11.3 Å². The third-order valence-electron chi connectivity index (χ3n) is 4.98. The highest BCUT2D eigenvalue weighted by Crippen LogP contribution is 2.44. The van der Waals surface area contributed by atoms with Crippen LogP contribution in [0.15, 0.2) is 26.2 Å². The lowest BCUT2D eigenvalue weighted by atomic mass is 9.86. The van der Waals surface area contributed by atoms with Crippen LogP contribution in [0.5, 0.6) is 0 Å². The number of aliphatic carboxylic acids is 1. The van der Waals surface area contributed by atoms with Gasteiger partial charge in [0.25, 0.3) is 11.8 Å². The Bertz CT molecular complexity index is 1290. The molecule has 5 N–H and O–H groups in total. The number of fused-ring (bicyclic) bond motifs is 1. The largest absolute Gasteiger partial charge is 0.477 e. The van der Waals surface area contributed by atoms with Gasteiger partial charge in [0, 0.05) is 10.3 Å². The van der Waals surface area contributed by atoms with Gasteiger partial charge in [-0.25, -0.2) is 14.8 Å². The lowest BCUT2D eigenvalue weighted by molar-refractivity contribution is -0.155. The number of carboxylic acids is 1. The molecule has 1 unspecified atom stereocenters. The molecule has 0 spiro atoms. The topological polar surface area (TPSA) is 171 Å². The molecule has 11 nitrogen and oxygen atoms in total. The molecule has 1 fully saturated rings. The van der Waals surface area contributed by atoms with Crippen LogP contribution >= 0.6 is 46.0 Å². The van der Waals surface area contributed by atoms with Crippen molar-refractivity contribution in [2.75, 3.05) is 5.73 Å². The Morgan fingerprint density at radius 3 is 2.63 bits per heavy atom. The number of hydrogen-bond donors (Lipinski definition) is 4. The van der Waals surface area contributed by atoms with Crippen LogP contribution in [0.3, 0.4) is 0 Å². The van der Waals surface area contributed by atoms with Gasteiger partial charge in [-0.3, -0.25) is 14.5 Å². The Balaban J connectivity index is 1.52. The highest BCUT2D eigenvalue weighted by Gasteiger charge is 2.54. The molecule has 186 valence electrons. The number of alkyl halides is 3. The first-order valence-corrected chi connectivity index (χ1v) is 12.3. The van der Waals surface area contributed by atoms with Crippen LogP contribution in [0.4, 0.5) is 18.3 Å². The molecular weight excluding hydrogens is 557 g/mol. The van der Waals surface area contributed by atoms with Crippen molar-refractivity contribution < 1.29 is 37.9 Å². The average Bonchev–Trinajstić information content (AvgIpc) is 3.38. The van der Waals surface area contributed by atoms with Crippen molar-refractivity contribution >= 4 is 74.7 Å². The summed E-state index contributed by atoms with van der Waals surface area (Å²) in [5.41, 5.74) is 4.36. The quantitative estimate of drug-likeness (QED) is 0.177. The standard InChI is InChI=1S/C17H12ClF3N6O5S3/c18-11-8(25-16(22)35-11)9(26-32)12(28)24-7-4-1-2-5(10(14(30)31)27(4)13(7)29)34-6-3-33-15(23-6)17(19,20)21/h3-4,7,32H,1-2H2,(H2,22,25)(H,24,28)(H,30,31)/b26-9-/t4-,7?/m1/s1. The number of amides is 2. The molecule has 18 heteroatoms. The highest BCUT2D eigenvalue weighted by molar-refractivity contribution is 8.03. The van der Waals surface area contributed by atoms with E-state index in [1.165, 1.54) is 0 Å². The normalized spacial score (nSPS) is 20.5. The molecule has 0 saturated carbocycles. The van der Waals surface area contributed by atoms with Crippen molar-refractivity contribution in [3.8, 4) is 0 Å². The number of halogens is 4. The van der Waals surface area contributed by atoms with Crippen LogP contribution in [0.1, 0.15) is 23.5 Å². The summed E-state index contributed by atoms with van der Waals surface area (Å²) in [5.74, 6) is -3.20. The van der Waals surface area contributed by atoms with E-state index in [-0.39, 0.29) is 37.9 Å². The summed E-state index contributed by atoms with van der Waals surface area (Å²) in [4.78, 5) is 45.8. The first-order valence-electron chi connectivity index (χ1n) is 9.37. The predicted molar refractivity (Wildman–Crippen MR) is 119 cm³/mol. The zero-order valence-corrected chi connectivity index (χ0v) is 20.1. The van der Waals surface area contributed by atoms with Crippen molar-refractivity contribution in [1.29, 1.82) is 0 Å². The zero-order valence-electron chi connectivity index (χ0n) is 16.9. The van der Waals surface area contributed by atoms with E-state index in [4.69, 9.17) is 17.3 Å². The molecule has 2 amide bonds. The van der Waals surface area contributed by atoms with Crippen LogP contribution in [0.25, 0.3) is 0 Å². The Labute approximate surface area is 210 Å². The van der Waals surface area contributed by atoms with E-state index in [0.29, 0.717) is 11.3 Å². The number of nitrogens with two attached hydrogens (primary N) is 1. The Morgan fingerprint density at radius 1 is 1.37 bits per heavy atom. The lowest BCUT2D eigenvalue weighted by Gasteiger charge is -2.50. The monoisotopic (exact) mass is 568 g/mol. The van der Waals surface area contributed by atoms with Crippen molar-refractivity contribution in [2.45, 2.75) is 36.1 Å². The number of nitrogens with zero attached hydrogens (tertiary/aromatic N) is 4. The fourth-order valence-corrected chi connectivity index (χ4v) is 6.33. The van der Waals surface area contributed by atoms with E-state index in [0.717, 1.165) is 33.4 Å². The predicted octanol–water partition coefficient (Wildman–Crippen LogP) is 2.61. The summed E-state index contributed by atoms with van der Waals surface area (Å²) in [6.07, 6.45) is -4.31. The summed E-state index contributed by atoms with van der Waals surface area (Å²) in [6, 6.07) is -1.87. The smallest absolute Gasteiger partial charge is 0.443 e. The van der Waals surface area contributed by atoms with E-state index in [1.54, 1.807) is 0 Å². The number of nitrogen functional groups attached to an aromatic ring is 1. The number of allylic oxidation sites excluding steroid dienone is 1. The summed E-state index contributed by atoms with van der Waals surface area (Å²) < 4.78 is 38.5. The molecule has 0 radical (unpaired) electrons. The minimum Gasteiger partial charge on any atom is -0.477 e. The number of carbonyl (C=O) groups is 3. The fourth-order valence-electron chi connectivity index (χ4n) is 3.56. The van der Waals surface area contributed by atoms with E-state index in [9.17, 15) is 37.9 Å². The van der Waals surface area contributed by atoms with Crippen LogP contribution in [-0.2, 0) is 20.6 Å². The Kier molecular flexibility index (Phi) is 6.69. The summed E-state index contributed by atoms with van der Waals surface area (Å²) in [7, 11) is 0. The third kappa shape index (κ3) is 4.67. The van der Waals surface area contributed by atoms with Gasteiger partial charge in [0.05, 0.1) is 6.04 Å². The fraction of sp³-hybridized carbons (Fsp3) is 0.294. The minimum atomic E-state index is -4.63. The molecule has 2 atom stereocenters. The number of thiazole rings is 2. The molecule has 2 aliphatic rings. The van der Waals surface area contributed by atoms with Gasteiger partial charge in [0.15, 0.2) is 15.9 Å². The van der Waals surface area contributed by atoms with Gasteiger partial charge in [-0.2, -0.15) is 13.2 Å². The molecule has 0 bridgehead atoms. The number of aromatic nitrogens is 2. The number of rotatable bonds is 6. The minimum absolute atomic E-state index is 0.0147. The molecular formula is C17H12ClF3N6O5S3. The number of anilines is 1. The van der Waals surface area contributed by atoms with Crippen LogP contribution in [0.2, 0.25) is 4.34 Å².